The van der Waals surface area contributed by atoms with Gasteiger partial charge in [-0.3, -0.25) is 0 Å². The van der Waals surface area contributed by atoms with Gasteiger partial charge < -0.3 is 15.2 Å². The number of nitrogens with two attached hydrogens (primary N) is 1. The lowest BCUT2D eigenvalue weighted by Gasteiger charge is -2.22. The first-order chi connectivity index (χ1) is 6.52. The van der Waals surface area contributed by atoms with Crippen molar-refractivity contribution >= 4 is 11.9 Å². The van der Waals surface area contributed by atoms with Crippen molar-refractivity contribution in [1.82, 2.24) is 0 Å². The minimum Gasteiger partial charge on any atom is -0.467 e. The fourth-order valence-electron chi connectivity index (χ4n) is 1.04. The first-order valence-corrected chi connectivity index (χ1v) is 4.13. The average molecular weight is 207 g/mol. The third kappa shape index (κ3) is 2.66. The molecule has 0 aliphatic heterocycles. The molecule has 0 aromatic rings. The molecule has 0 saturated heterocycles. The Bertz CT molecular complexity index is 221. The van der Waals surface area contributed by atoms with Gasteiger partial charge in [0.05, 0.1) is 7.11 Å². The van der Waals surface area contributed by atoms with Gasteiger partial charge >= 0.3 is 11.9 Å². The Hall–Kier alpha value is -1.17. The number of ether oxygens (including phenoxy) is 2. The highest BCUT2D eigenvalue weighted by Crippen LogP contribution is 2.14. The Kier molecular flexibility index (Phi) is 5.07. The molecule has 0 fully saturated rings. The summed E-state index contributed by atoms with van der Waals surface area (Å²) < 4.78 is 20.1. The maximum absolute atomic E-state index is 11.7. The van der Waals surface area contributed by atoms with Crippen LogP contribution >= 0.6 is 0 Å². The number of hydrogen-bond acceptors (Lipinski definition) is 5. The van der Waals surface area contributed by atoms with Gasteiger partial charge in [0.1, 0.15) is 0 Å². The van der Waals surface area contributed by atoms with Crippen molar-refractivity contribution in [2.24, 2.45) is 5.73 Å². The van der Waals surface area contributed by atoms with Crippen LogP contribution in [0.1, 0.15) is 19.8 Å². The lowest BCUT2D eigenvalue weighted by molar-refractivity contribution is -0.165. The van der Waals surface area contributed by atoms with Gasteiger partial charge in [0.2, 0.25) is 12.4 Å². The number of methoxy groups -OCH3 is 1. The van der Waals surface area contributed by atoms with Crippen LogP contribution in [0, 0.1) is 0 Å². The molecule has 5 nitrogen and oxygen atoms in total. The zero-order chi connectivity index (χ0) is 11.2. The summed E-state index contributed by atoms with van der Waals surface area (Å²) in [6.45, 7) is 0.422. The maximum atomic E-state index is 11.7. The lowest BCUT2D eigenvalue weighted by Crippen LogP contribution is -2.56. The summed E-state index contributed by atoms with van der Waals surface area (Å²) in [6, 6.07) is 0. The van der Waals surface area contributed by atoms with Gasteiger partial charge in [0.15, 0.2) is 0 Å². The van der Waals surface area contributed by atoms with E-state index in [4.69, 9.17) is 5.73 Å². The van der Waals surface area contributed by atoms with Gasteiger partial charge in [-0.2, -0.15) is 0 Å². The number of esters is 2. The highest BCUT2D eigenvalue weighted by molar-refractivity contribution is 6.04. The average Bonchev–Trinajstić information content (AvgIpc) is 2.17. The van der Waals surface area contributed by atoms with E-state index < -0.39 is 24.3 Å². The van der Waals surface area contributed by atoms with Crippen LogP contribution in [-0.4, -0.2) is 31.4 Å². The first-order valence-electron chi connectivity index (χ1n) is 4.13. The Morgan fingerprint density at radius 1 is 1.43 bits per heavy atom. The molecule has 0 aliphatic carbocycles. The molecule has 1 unspecified atom stereocenters. The van der Waals surface area contributed by atoms with Crippen LogP contribution in [0.5, 0.6) is 0 Å². The van der Waals surface area contributed by atoms with Crippen molar-refractivity contribution in [1.29, 1.82) is 0 Å². The smallest absolute Gasteiger partial charge is 0.340 e. The van der Waals surface area contributed by atoms with Crippen LogP contribution in [0.4, 0.5) is 4.39 Å². The van der Waals surface area contributed by atoms with Crippen molar-refractivity contribution < 1.29 is 23.5 Å². The van der Waals surface area contributed by atoms with Crippen LogP contribution in [0.2, 0.25) is 0 Å². The van der Waals surface area contributed by atoms with Gasteiger partial charge in [-0.05, 0) is 6.42 Å². The summed E-state index contributed by atoms with van der Waals surface area (Å²) in [5.74, 6) is -2.02. The monoisotopic (exact) mass is 207 g/mol. The molecular weight excluding hydrogens is 193 g/mol. The van der Waals surface area contributed by atoms with Crippen molar-refractivity contribution in [3.05, 3.63) is 0 Å². The fourth-order valence-corrected chi connectivity index (χ4v) is 1.04. The molecular formula is C8H14FNO4. The number of carbonyl (C=O) groups is 2. The predicted octanol–water partition coefficient (Wildman–Crippen LogP) is 0.127. The van der Waals surface area contributed by atoms with Gasteiger partial charge in [-0.15, -0.1) is 0 Å². The molecule has 1 atom stereocenters. The van der Waals surface area contributed by atoms with Crippen LogP contribution in [0.15, 0.2) is 0 Å². The zero-order valence-corrected chi connectivity index (χ0v) is 8.21. The standard InChI is InChI=1S/C8H14FNO4/c1-3-4-8(10,6(11)13-2)7(12)14-5-9/h3-5,10H2,1-2H3. The third-order valence-electron chi connectivity index (χ3n) is 1.74. The topological polar surface area (TPSA) is 78.6 Å². The lowest BCUT2D eigenvalue weighted by atomic mass is 9.95. The number of alkyl halides is 1. The zero-order valence-electron chi connectivity index (χ0n) is 8.21. The van der Waals surface area contributed by atoms with E-state index in [2.05, 4.69) is 9.47 Å². The molecule has 0 heterocycles. The summed E-state index contributed by atoms with van der Waals surface area (Å²) in [6.07, 6.45) is 0.533. The first kappa shape index (κ1) is 12.8. The minimum absolute atomic E-state index is 0.0541. The molecule has 0 rings (SSSR count). The van der Waals surface area contributed by atoms with E-state index >= 15 is 0 Å². The molecule has 0 aromatic heterocycles. The predicted molar refractivity (Wildman–Crippen MR) is 45.9 cm³/mol. The molecule has 0 radical (unpaired) electrons. The largest absolute Gasteiger partial charge is 0.467 e. The molecule has 2 N–H and O–H groups in total. The van der Waals surface area contributed by atoms with Crippen LogP contribution in [0.3, 0.4) is 0 Å². The molecule has 0 spiro atoms. The van der Waals surface area contributed by atoms with Crippen molar-refractivity contribution in [2.45, 2.75) is 25.3 Å². The van der Waals surface area contributed by atoms with E-state index in [-0.39, 0.29) is 6.42 Å². The molecule has 14 heavy (non-hydrogen) atoms. The van der Waals surface area contributed by atoms with Crippen molar-refractivity contribution in [3.8, 4) is 0 Å². The van der Waals surface area contributed by atoms with Gasteiger partial charge in [-0.25, -0.2) is 14.0 Å². The second-order valence-electron chi connectivity index (χ2n) is 2.75. The Morgan fingerprint density at radius 2 is 2.00 bits per heavy atom. The Labute approximate surface area is 81.3 Å². The summed E-state index contributed by atoms with van der Waals surface area (Å²) in [4.78, 5) is 22.3. The molecule has 0 aromatic carbocycles. The van der Waals surface area contributed by atoms with Gasteiger partial charge in [-0.1, -0.05) is 13.3 Å². The van der Waals surface area contributed by atoms with Crippen LogP contribution < -0.4 is 5.73 Å². The number of rotatable bonds is 5. The van der Waals surface area contributed by atoms with E-state index in [1.807, 2.05) is 0 Å². The van der Waals surface area contributed by atoms with Gasteiger partial charge in [0, 0.05) is 0 Å². The quantitative estimate of drug-likeness (QED) is 0.512. The molecule has 0 bridgehead atoms. The van der Waals surface area contributed by atoms with Crippen molar-refractivity contribution in [2.75, 3.05) is 14.0 Å². The second kappa shape index (κ2) is 5.54. The molecule has 6 heteroatoms. The van der Waals surface area contributed by atoms with Crippen LogP contribution in [0.25, 0.3) is 0 Å². The number of halogens is 1. The Balaban J connectivity index is 4.69. The van der Waals surface area contributed by atoms with E-state index in [1.54, 1.807) is 6.92 Å². The molecule has 82 valence electrons. The Morgan fingerprint density at radius 3 is 2.36 bits per heavy atom. The van der Waals surface area contributed by atoms with Gasteiger partial charge in [0.25, 0.3) is 0 Å². The number of hydrogen-bond donors (Lipinski definition) is 1. The summed E-state index contributed by atoms with van der Waals surface area (Å²) in [7, 11) is 1.10. The van der Waals surface area contributed by atoms with E-state index in [0.29, 0.717) is 6.42 Å². The summed E-state index contributed by atoms with van der Waals surface area (Å²) >= 11 is 0. The summed E-state index contributed by atoms with van der Waals surface area (Å²) in [5, 5.41) is 0. The number of carbonyl (C=O) groups excluding carboxylic acids is 2. The highest BCUT2D eigenvalue weighted by atomic mass is 19.1. The SMILES string of the molecule is CCCC(N)(C(=O)OC)C(=O)OCF. The summed E-state index contributed by atoms with van der Waals surface area (Å²) in [5.41, 5.74) is 3.58. The second-order valence-corrected chi connectivity index (χ2v) is 2.75. The molecule has 0 saturated carbocycles. The maximum Gasteiger partial charge on any atom is 0.340 e. The van der Waals surface area contributed by atoms with E-state index in [9.17, 15) is 14.0 Å². The molecule has 0 amide bonds. The molecule has 0 aliphatic rings. The van der Waals surface area contributed by atoms with E-state index in [0.717, 1.165) is 7.11 Å². The van der Waals surface area contributed by atoms with E-state index in [1.165, 1.54) is 0 Å². The minimum atomic E-state index is -1.89. The highest BCUT2D eigenvalue weighted by Gasteiger charge is 2.44. The van der Waals surface area contributed by atoms with Crippen LogP contribution in [-0.2, 0) is 19.1 Å². The fraction of sp³-hybridized carbons (Fsp3) is 0.750. The third-order valence-corrected chi connectivity index (χ3v) is 1.74. The van der Waals surface area contributed by atoms with Crippen molar-refractivity contribution in [3.63, 3.8) is 0 Å². The normalized spacial score (nSPS) is 14.3.